The van der Waals surface area contributed by atoms with Crippen molar-refractivity contribution in [3.63, 3.8) is 0 Å². The van der Waals surface area contributed by atoms with Crippen LogP contribution in [0.2, 0.25) is 0 Å². The van der Waals surface area contributed by atoms with E-state index in [1.165, 1.54) is 103 Å². The van der Waals surface area contributed by atoms with Gasteiger partial charge in [-0.15, -0.1) is 0 Å². The Balaban J connectivity index is 4.36. The summed E-state index contributed by atoms with van der Waals surface area (Å²) in [6.07, 6.45) is 44.4. The molecular formula is C45H87N2O6P. The van der Waals surface area contributed by atoms with Gasteiger partial charge in [-0.1, -0.05) is 179 Å². The number of nitrogens with one attached hydrogen (secondary N) is 1. The number of hydrogen-bond acceptors (Lipinski definition) is 6. The van der Waals surface area contributed by atoms with Crippen molar-refractivity contribution in [1.29, 1.82) is 0 Å². The van der Waals surface area contributed by atoms with Crippen molar-refractivity contribution >= 4 is 13.7 Å². The Morgan fingerprint density at radius 1 is 0.667 bits per heavy atom. The van der Waals surface area contributed by atoms with E-state index in [4.69, 9.17) is 9.05 Å². The zero-order valence-corrected chi connectivity index (χ0v) is 36.8. The zero-order chi connectivity index (χ0) is 40.0. The molecule has 0 rings (SSSR count). The summed E-state index contributed by atoms with van der Waals surface area (Å²) >= 11 is 0. The first-order chi connectivity index (χ1) is 26.0. The van der Waals surface area contributed by atoms with E-state index in [0.29, 0.717) is 23.9 Å². The zero-order valence-electron chi connectivity index (χ0n) is 35.9. The standard InChI is InChI=1S/C45H87N2O6P/c1-6-8-10-12-14-16-18-20-21-22-23-24-25-27-28-30-32-34-36-38-44(48)43(42-53-54(50,51)52-41-40-47(3,4)5)46-45(49)39-37-35-33-31-29-26-19-17-15-13-11-9-7-2/h9,11,15,17,26,29,43-44,48H,6-8,10,12-14,16,18-25,27-28,30-42H2,1-5H3,(H-,46,49,50,51)/b11-9-,17-15-,29-26-. The summed E-state index contributed by atoms with van der Waals surface area (Å²) in [5, 5.41) is 13.9. The van der Waals surface area contributed by atoms with Crippen LogP contribution in [0, 0.1) is 0 Å². The van der Waals surface area contributed by atoms with Crippen molar-refractivity contribution in [2.75, 3.05) is 40.9 Å². The minimum Gasteiger partial charge on any atom is -0.756 e. The lowest BCUT2D eigenvalue weighted by Gasteiger charge is -2.30. The van der Waals surface area contributed by atoms with Gasteiger partial charge in [-0.05, 0) is 44.9 Å². The number of aliphatic hydroxyl groups is 1. The second-order valence-corrected chi connectivity index (χ2v) is 17.8. The van der Waals surface area contributed by atoms with E-state index < -0.39 is 20.0 Å². The Hall–Kier alpha value is -1.28. The minimum atomic E-state index is -4.57. The fourth-order valence-electron chi connectivity index (χ4n) is 6.35. The molecule has 0 aliphatic rings. The average molecular weight is 783 g/mol. The van der Waals surface area contributed by atoms with Gasteiger partial charge in [0, 0.05) is 6.42 Å². The number of nitrogens with zero attached hydrogens (tertiary/aromatic N) is 1. The molecule has 0 fully saturated rings. The summed E-state index contributed by atoms with van der Waals surface area (Å²) in [7, 11) is 1.28. The Bertz CT molecular complexity index is 980. The molecule has 0 aliphatic heterocycles. The molecule has 0 aromatic carbocycles. The highest BCUT2D eigenvalue weighted by molar-refractivity contribution is 7.45. The van der Waals surface area contributed by atoms with Gasteiger partial charge >= 0.3 is 0 Å². The van der Waals surface area contributed by atoms with E-state index in [9.17, 15) is 19.4 Å². The molecule has 0 saturated heterocycles. The lowest BCUT2D eigenvalue weighted by atomic mass is 10.0. The summed E-state index contributed by atoms with van der Waals surface area (Å²) < 4.78 is 23.2. The van der Waals surface area contributed by atoms with Crippen LogP contribution in [0.25, 0.3) is 0 Å². The molecule has 0 aromatic heterocycles. The fraction of sp³-hybridized carbons (Fsp3) is 0.844. The number of unbranched alkanes of at least 4 members (excludes halogenated alkanes) is 21. The third-order valence-corrected chi connectivity index (χ3v) is 10.9. The summed E-state index contributed by atoms with van der Waals surface area (Å²) in [5.74, 6) is -0.194. The molecule has 0 heterocycles. The van der Waals surface area contributed by atoms with Crippen LogP contribution in [0.3, 0.4) is 0 Å². The smallest absolute Gasteiger partial charge is 0.268 e. The first-order valence-electron chi connectivity index (χ1n) is 22.3. The van der Waals surface area contributed by atoms with Crippen molar-refractivity contribution in [3.05, 3.63) is 36.5 Å². The number of aliphatic hydroxyl groups excluding tert-OH is 1. The topological polar surface area (TPSA) is 108 Å². The molecule has 318 valence electrons. The second-order valence-electron chi connectivity index (χ2n) is 16.4. The van der Waals surface area contributed by atoms with Crippen LogP contribution in [0.5, 0.6) is 0 Å². The van der Waals surface area contributed by atoms with Gasteiger partial charge in [-0.2, -0.15) is 0 Å². The van der Waals surface area contributed by atoms with Crippen LogP contribution in [-0.4, -0.2) is 68.5 Å². The molecule has 8 nitrogen and oxygen atoms in total. The molecule has 0 saturated carbocycles. The SMILES string of the molecule is CC/C=C\C/C=C\C/C=C\CCCCCC(=O)NC(COP(=O)([O-])OCC[N+](C)(C)C)C(O)CCCCCCCCCCCCCCCCCCCCC. The van der Waals surface area contributed by atoms with Crippen molar-refractivity contribution < 1.29 is 32.9 Å². The molecule has 0 spiro atoms. The second kappa shape index (κ2) is 37.3. The lowest BCUT2D eigenvalue weighted by Crippen LogP contribution is -2.46. The van der Waals surface area contributed by atoms with E-state index >= 15 is 0 Å². The molecule has 0 radical (unpaired) electrons. The van der Waals surface area contributed by atoms with Crippen LogP contribution in [-0.2, 0) is 18.4 Å². The van der Waals surface area contributed by atoms with E-state index in [1.54, 1.807) is 0 Å². The number of quaternary nitrogens is 1. The monoisotopic (exact) mass is 783 g/mol. The first-order valence-corrected chi connectivity index (χ1v) is 23.8. The van der Waals surface area contributed by atoms with Gasteiger partial charge in [0.2, 0.25) is 5.91 Å². The summed E-state index contributed by atoms with van der Waals surface area (Å²) in [5.41, 5.74) is 0. The maximum atomic E-state index is 12.8. The van der Waals surface area contributed by atoms with Gasteiger partial charge < -0.3 is 28.8 Å². The third kappa shape index (κ3) is 39.0. The maximum Gasteiger partial charge on any atom is 0.268 e. The molecule has 54 heavy (non-hydrogen) atoms. The van der Waals surface area contributed by atoms with Gasteiger partial charge in [0.05, 0.1) is 39.9 Å². The first kappa shape index (κ1) is 52.7. The molecule has 3 unspecified atom stereocenters. The molecule has 0 aliphatic carbocycles. The van der Waals surface area contributed by atoms with E-state index in [2.05, 4.69) is 55.6 Å². The number of hydrogen-bond donors (Lipinski definition) is 2. The summed E-state index contributed by atoms with van der Waals surface area (Å²) in [6.45, 7) is 4.58. The summed E-state index contributed by atoms with van der Waals surface area (Å²) in [6, 6.07) is -0.814. The highest BCUT2D eigenvalue weighted by Gasteiger charge is 2.24. The van der Waals surface area contributed by atoms with Crippen molar-refractivity contribution in [2.24, 2.45) is 0 Å². The number of amides is 1. The molecule has 2 N–H and O–H groups in total. The number of carbonyl (C=O) groups is 1. The highest BCUT2D eigenvalue weighted by Crippen LogP contribution is 2.38. The summed E-state index contributed by atoms with van der Waals surface area (Å²) in [4.78, 5) is 25.3. The Kier molecular flexibility index (Phi) is 36.4. The number of rotatable bonds is 40. The molecule has 0 bridgehead atoms. The normalized spacial score (nSPS) is 14.7. The van der Waals surface area contributed by atoms with E-state index in [-0.39, 0.29) is 19.1 Å². The van der Waals surface area contributed by atoms with Gasteiger partial charge in [0.1, 0.15) is 13.2 Å². The van der Waals surface area contributed by atoms with Crippen LogP contribution in [0.15, 0.2) is 36.5 Å². The maximum absolute atomic E-state index is 12.8. The van der Waals surface area contributed by atoms with Gasteiger partial charge in [-0.3, -0.25) is 9.36 Å². The predicted molar refractivity (Wildman–Crippen MR) is 228 cm³/mol. The van der Waals surface area contributed by atoms with Gasteiger partial charge in [0.15, 0.2) is 0 Å². The molecule has 0 aromatic rings. The number of carbonyl (C=O) groups excluding carboxylic acids is 1. The van der Waals surface area contributed by atoms with Crippen LogP contribution in [0.4, 0.5) is 0 Å². The number of allylic oxidation sites excluding steroid dienone is 6. The van der Waals surface area contributed by atoms with E-state index in [1.807, 2.05) is 21.1 Å². The van der Waals surface area contributed by atoms with Crippen LogP contribution < -0.4 is 10.2 Å². The molecule has 9 heteroatoms. The Morgan fingerprint density at radius 2 is 1.13 bits per heavy atom. The van der Waals surface area contributed by atoms with Crippen molar-refractivity contribution in [1.82, 2.24) is 5.32 Å². The molecular weight excluding hydrogens is 695 g/mol. The van der Waals surface area contributed by atoms with Crippen molar-refractivity contribution in [3.8, 4) is 0 Å². The number of phosphoric ester groups is 1. The number of phosphoric acid groups is 1. The van der Waals surface area contributed by atoms with Crippen LogP contribution >= 0.6 is 7.82 Å². The minimum absolute atomic E-state index is 0.00570. The predicted octanol–water partition coefficient (Wildman–Crippen LogP) is 11.7. The largest absolute Gasteiger partial charge is 0.756 e. The highest BCUT2D eigenvalue weighted by atomic mass is 31.2. The quantitative estimate of drug-likeness (QED) is 0.0277. The van der Waals surface area contributed by atoms with Gasteiger partial charge in [-0.25, -0.2) is 0 Å². The Labute approximate surface area is 334 Å². The van der Waals surface area contributed by atoms with E-state index in [0.717, 1.165) is 64.2 Å². The Morgan fingerprint density at radius 3 is 1.63 bits per heavy atom. The van der Waals surface area contributed by atoms with Gasteiger partial charge in [0.25, 0.3) is 7.82 Å². The average Bonchev–Trinajstić information content (AvgIpc) is 3.12. The fourth-order valence-corrected chi connectivity index (χ4v) is 7.07. The number of likely N-dealkylation sites (N-methyl/N-ethyl adjacent to an activating group) is 1. The lowest BCUT2D eigenvalue weighted by molar-refractivity contribution is -0.870. The molecule has 1 amide bonds. The van der Waals surface area contributed by atoms with Crippen molar-refractivity contribution in [2.45, 2.75) is 206 Å². The molecule has 3 atom stereocenters. The van der Waals surface area contributed by atoms with Crippen LogP contribution in [0.1, 0.15) is 194 Å². The third-order valence-electron chi connectivity index (χ3n) is 9.89.